The number of esters is 1. The molecule has 0 bridgehead atoms. The quantitative estimate of drug-likeness (QED) is 0.598. The number of nitrogens with two attached hydrogens (primary N) is 1. The average Bonchev–Trinajstić information content (AvgIpc) is 2.39. The minimum absolute atomic E-state index is 0.122. The van der Waals surface area contributed by atoms with Crippen LogP contribution in [-0.2, 0) is 20.7 Å². The third-order valence-corrected chi connectivity index (χ3v) is 2.46. The summed E-state index contributed by atoms with van der Waals surface area (Å²) in [6, 6.07) is 3.09. The lowest BCUT2D eigenvalue weighted by atomic mass is 10.0. The van der Waals surface area contributed by atoms with Crippen LogP contribution in [0.2, 0.25) is 0 Å². The molecule has 0 aliphatic carbocycles. The van der Waals surface area contributed by atoms with Gasteiger partial charge >= 0.3 is 5.97 Å². The van der Waals surface area contributed by atoms with Crippen molar-refractivity contribution in [1.29, 1.82) is 0 Å². The van der Waals surface area contributed by atoms with Gasteiger partial charge < -0.3 is 20.3 Å². The molecular weight excluding hydrogens is 262 g/mol. The van der Waals surface area contributed by atoms with Crippen LogP contribution in [0.1, 0.15) is 18.1 Å². The fourth-order valence-corrected chi connectivity index (χ4v) is 1.62. The number of phenolic OH excluding ortho intramolecular Hbond substituents is 1. The number of carbonyl (C=O) groups is 2. The van der Waals surface area contributed by atoms with Gasteiger partial charge in [-0.2, -0.15) is 0 Å². The molecule has 0 heterocycles. The van der Waals surface area contributed by atoms with Crippen LogP contribution in [0.5, 0.6) is 11.5 Å². The van der Waals surface area contributed by atoms with E-state index in [1.807, 2.05) is 0 Å². The maximum Gasteiger partial charge on any atom is 0.330 e. The molecule has 0 saturated carbocycles. The summed E-state index contributed by atoms with van der Waals surface area (Å²) in [5, 5.41) is 9.88. The van der Waals surface area contributed by atoms with Crippen LogP contribution in [0.3, 0.4) is 0 Å². The molecule has 0 radical (unpaired) electrons. The third kappa shape index (κ3) is 4.31. The first kappa shape index (κ1) is 15.6. The SMILES string of the molecule is CCOC(=O)/C=C/c1cc(CC(N)=O)c(O)c(OC)c1. The molecule has 0 spiro atoms. The molecule has 6 nitrogen and oxygen atoms in total. The van der Waals surface area contributed by atoms with Crippen molar-refractivity contribution in [3.8, 4) is 11.5 Å². The molecule has 0 fully saturated rings. The van der Waals surface area contributed by atoms with Crippen molar-refractivity contribution >= 4 is 18.0 Å². The standard InChI is InChI=1S/C14H17NO5/c1-3-20-13(17)5-4-9-6-10(8-12(15)16)14(18)11(7-9)19-2/h4-7,18H,3,8H2,1-2H3,(H2,15,16)/b5-4+. The number of phenols is 1. The normalized spacial score (nSPS) is 10.5. The first-order chi connectivity index (χ1) is 9.47. The second-order valence-corrected chi connectivity index (χ2v) is 3.96. The molecule has 0 aliphatic rings. The highest BCUT2D eigenvalue weighted by atomic mass is 16.5. The maximum atomic E-state index is 11.2. The number of amides is 1. The van der Waals surface area contributed by atoms with E-state index in [1.165, 1.54) is 25.3 Å². The van der Waals surface area contributed by atoms with Crippen LogP contribution in [0, 0.1) is 0 Å². The Bertz CT molecular complexity index is 537. The number of carbonyl (C=O) groups excluding carboxylic acids is 2. The van der Waals surface area contributed by atoms with E-state index in [1.54, 1.807) is 13.0 Å². The van der Waals surface area contributed by atoms with E-state index in [0.29, 0.717) is 11.1 Å². The van der Waals surface area contributed by atoms with Gasteiger partial charge in [-0.15, -0.1) is 0 Å². The molecule has 0 aliphatic heterocycles. The van der Waals surface area contributed by atoms with E-state index in [2.05, 4.69) is 0 Å². The van der Waals surface area contributed by atoms with Crippen LogP contribution in [0.25, 0.3) is 6.08 Å². The van der Waals surface area contributed by atoms with E-state index in [-0.39, 0.29) is 24.5 Å². The first-order valence-electron chi connectivity index (χ1n) is 6.01. The number of methoxy groups -OCH3 is 1. The largest absolute Gasteiger partial charge is 0.504 e. The van der Waals surface area contributed by atoms with E-state index in [0.717, 1.165) is 0 Å². The number of hydrogen-bond donors (Lipinski definition) is 2. The van der Waals surface area contributed by atoms with Gasteiger partial charge in [-0.25, -0.2) is 4.79 Å². The smallest absolute Gasteiger partial charge is 0.330 e. The van der Waals surface area contributed by atoms with Gasteiger partial charge in [-0.05, 0) is 30.7 Å². The van der Waals surface area contributed by atoms with Crippen LogP contribution in [0.15, 0.2) is 18.2 Å². The molecule has 1 aromatic carbocycles. The Labute approximate surface area is 116 Å². The van der Waals surface area contributed by atoms with E-state index >= 15 is 0 Å². The van der Waals surface area contributed by atoms with Crippen molar-refractivity contribution in [2.45, 2.75) is 13.3 Å². The summed E-state index contributed by atoms with van der Waals surface area (Å²) in [6.07, 6.45) is 2.64. The Morgan fingerprint density at radius 1 is 1.40 bits per heavy atom. The van der Waals surface area contributed by atoms with Crippen LogP contribution >= 0.6 is 0 Å². The summed E-state index contributed by atoms with van der Waals surface area (Å²) in [4.78, 5) is 22.2. The van der Waals surface area contributed by atoms with Crippen molar-refractivity contribution in [3.63, 3.8) is 0 Å². The van der Waals surface area contributed by atoms with Crippen molar-refractivity contribution in [3.05, 3.63) is 29.3 Å². The molecule has 0 aromatic heterocycles. The number of aromatic hydroxyl groups is 1. The van der Waals surface area contributed by atoms with Gasteiger partial charge in [0.05, 0.1) is 20.1 Å². The number of rotatable bonds is 6. The fourth-order valence-electron chi connectivity index (χ4n) is 1.62. The van der Waals surface area contributed by atoms with Gasteiger partial charge in [0, 0.05) is 11.6 Å². The van der Waals surface area contributed by atoms with E-state index in [9.17, 15) is 14.7 Å². The van der Waals surface area contributed by atoms with Crippen LogP contribution in [0.4, 0.5) is 0 Å². The van der Waals surface area contributed by atoms with Crippen molar-refractivity contribution in [2.24, 2.45) is 5.73 Å². The summed E-state index contributed by atoms with van der Waals surface area (Å²) in [5.74, 6) is -0.989. The predicted molar refractivity (Wildman–Crippen MR) is 73.2 cm³/mol. The van der Waals surface area contributed by atoms with Gasteiger partial charge in [-0.3, -0.25) is 4.79 Å². The second kappa shape index (κ2) is 7.18. The number of primary amides is 1. The molecule has 3 N–H and O–H groups in total. The highest BCUT2D eigenvalue weighted by Gasteiger charge is 2.12. The molecule has 6 heteroatoms. The zero-order chi connectivity index (χ0) is 15.1. The summed E-state index contributed by atoms with van der Waals surface area (Å²) in [7, 11) is 1.39. The van der Waals surface area contributed by atoms with Crippen molar-refractivity contribution in [2.75, 3.05) is 13.7 Å². The Kier molecular flexibility index (Phi) is 5.58. The second-order valence-electron chi connectivity index (χ2n) is 3.96. The summed E-state index contributed by atoms with van der Waals surface area (Å²) in [5.41, 5.74) is 6.03. The van der Waals surface area contributed by atoms with E-state index < -0.39 is 11.9 Å². The number of hydrogen-bond acceptors (Lipinski definition) is 5. The van der Waals surface area contributed by atoms with E-state index in [4.69, 9.17) is 15.2 Å². The highest BCUT2D eigenvalue weighted by Crippen LogP contribution is 2.32. The first-order valence-corrected chi connectivity index (χ1v) is 6.01. The van der Waals surface area contributed by atoms with Gasteiger partial charge in [0.1, 0.15) is 0 Å². The molecule has 1 rings (SSSR count). The Hall–Kier alpha value is -2.50. The lowest BCUT2D eigenvalue weighted by molar-refractivity contribution is -0.137. The summed E-state index contributed by atoms with van der Waals surface area (Å²) in [6.45, 7) is 2.00. The van der Waals surface area contributed by atoms with Crippen molar-refractivity contribution in [1.82, 2.24) is 0 Å². The minimum atomic E-state index is -0.575. The molecular formula is C14H17NO5. The Balaban J connectivity index is 3.08. The number of ether oxygens (including phenoxy) is 2. The highest BCUT2D eigenvalue weighted by molar-refractivity contribution is 5.87. The predicted octanol–water partition coefficient (Wildman–Crippen LogP) is 1.00. The molecule has 108 valence electrons. The summed E-state index contributed by atoms with van der Waals surface area (Å²) < 4.78 is 9.77. The van der Waals surface area contributed by atoms with Crippen molar-refractivity contribution < 1.29 is 24.2 Å². The van der Waals surface area contributed by atoms with Gasteiger partial charge in [0.2, 0.25) is 5.91 Å². The topological polar surface area (TPSA) is 98.9 Å². The summed E-state index contributed by atoms with van der Waals surface area (Å²) >= 11 is 0. The Morgan fingerprint density at radius 2 is 2.10 bits per heavy atom. The molecule has 0 saturated heterocycles. The lowest BCUT2D eigenvalue weighted by Crippen LogP contribution is -2.14. The zero-order valence-electron chi connectivity index (χ0n) is 11.4. The molecule has 20 heavy (non-hydrogen) atoms. The number of benzene rings is 1. The molecule has 0 unspecified atom stereocenters. The maximum absolute atomic E-state index is 11.2. The molecule has 0 atom stereocenters. The Morgan fingerprint density at radius 3 is 2.65 bits per heavy atom. The van der Waals surface area contributed by atoms with Gasteiger partial charge in [-0.1, -0.05) is 0 Å². The van der Waals surface area contributed by atoms with Gasteiger partial charge in [0.15, 0.2) is 11.5 Å². The minimum Gasteiger partial charge on any atom is -0.504 e. The fraction of sp³-hybridized carbons (Fsp3) is 0.286. The monoisotopic (exact) mass is 279 g/mol. The average molecular weight is 279 g/mol. The van der Waals surface area contributed by atoms with Crippen LogP contribution < -0.4 is 10.5 Å². The van der Waals surface area contributed by atoms with Gasteiger partial charge in [0.25, 0.3) is 0 Å². The zero-order valence-corrected chi connectivity index (χ0v) is 11.4. The third-order valence-electron chi connectivity index (χ3n) is 2.46. The molecule has 1 amide bonds. The van der Waals surface area contributed by atoms with Crippen LogP contribution in [-0.4, -0.2) is 30.7 Å². The lowest BCUT2D eigenvalue weighted by Gasteiger charge is -2.09. The molecule has 1 aromatic rings.